The number of amides is 6. The predicted octanol–water partition coefficient (Wildman–Crippen LogP) is -6.83. The van der Waals surface area contributed by atoms with E-state index in [2.05, 4.69) is 0 Å². The number of carbonyl (C=O) groups excluding carboxylic acids is 10. The minimum Gasteiger partial charge on any atom is -0.480 e. The molecule has 0 saturated heterocycles. The van der Waals surface area contributed by atoms with Crippen molar-refractivity contribution in [2.24, 2.45) is 0 Å². The van der Waals surface area contributed by atoms with Crippen LogP contribution in [0.3, 0.4) is 0 Å². The van der Waals surface area contributed by atoms with Gasteiger partial charge in [-0.05, 0) is 23.3 Å². The zero-order chi connectivity index (χ0) is 68.7. The standard InChI is InChI=1S/C44H48N6O34S6/c51-33(43(63)83-13-21-7-3-1-4-8-21)23-11-26(36(54)46-28(16-86(68,69)70)38(56)48-30(18-88(74,75)76)40(58)50-32(42(61)62)20-90(80,81)82)24(34(52)44(64)84-14-22-9-5-2-6-10-22)12-25(23)35(53)45-27(15-85(65,66)67)37(55)47-29(17-87(71,72)73)39(57)49-31(41(59)60)19-89(77,78)79/h1-12,27-32H,13-20H2,(H,45,53)(H,46,54)(H,47,55)(H,48,56)(H,49,57)(H,50,58)(H,59,60)(H,61,62)(H,65,66,67)(H,68,69,70)(H,71,72,73)(H,74,75,76)(H,77,78,79)(H,80,81,82)/t27?,28?,29-,30-,31-,32-/m1/s1. The zero-order valence-electron chi connectivity index (χ0n) is 44.7. The van der Waals surface area contributed by atoms with Gasteiger partial charge in [0.05, 0.1) is 11.1 Å². The number of carbonyl (C=O) groups is 12. The fourth-order valence-electron chi connectivity index (χ4n) is 7.05. The summed E-state index contributed by atoms with van der Waals surface area (Å²) in [5, 5.41) is 27.5. The lowest BCUT2D eigenvalue weighted by molar-refractivity contribution is -0.142. The molecular formula is C44H48N6O34S6. The van der Waals surface area contributed by atoms with Crippen molar-refractivity contribution in [1.29, 1.82) is 0 Å². The highest BCUT2D eigenvalue weighted by Crippen LogP contribution is 2.23. The number of ether oxygens (including phenoxy) is 2. The number of nitrogens with one attached hydrogen (secondary N) is 6. The minimum atomic E-state index is -5.70. The SMILES string of the molecule is O=C(OCc1ccccc1)C(=O)c1cc(C(=O)NC(CS(=O)(=O)O)C(=O)N[C@H](CS(=O)(=O)O)C(=O)N[C@H](CS(=O)(=O)O)C(=O)O)c(C(=O)C(=O)OCc2ccccc2)cc1C(=O)NC(CS(=O)(=O)O)C(=O)N[C@H](CS(=O)(=O)O)C(=O)N[C@H](CS(=O)(=O)O)C(=O)O. The summed E-state index contributed by atoms with van der Waals surface area (Å²) in [4.78, 5) is 162. The molecule has 0 heterocycles. The van der Waals surface area contributed by atoms with E-state index in [-0.39, 0.29) is 23.3 Å². The molecule has 0 aliphatic carbocycles. The summed E-state index contributed by atoms with van der Waals surface area (Å²) in [5.74, 6) is -37.6. The molecule has 0 saturated carbocycles. The first-order valence-corrected chi connectivity index (χ1v) is 33.5. The summed E-state index contributed by atoms with van der Waals surface area (Å²) in [7, 11) is -33.1. The number of carboxylic acid groups (broad SMARTS) is 2. The summed E-state index contributed by atoms with van der Waals surface area (Å²) in [6.45, 7) is -1.63. The maximum absolute atomic E-state index is 14.5. The van der Waals surface area contributed by atoms with Gasteiger partial charge in [-0.3, -0.25) is 65.7 Å². The normalized spacial score (nSPS) is 14.0. The molecule has 46 heteroatoms. The number of esters is 2. The molecule has 0 aliphatic heterocycles. The molecule has 0 aromatic heterocycles. The van der Waals surface area contributed by atoms with Gasteiger partial charge < -0.3 is 51.6 Å². The van der Waals surface area contributed by atoms with Crippen LogP contribution >= 0.6 is 0 Å². The van der Waals surface area contributed by atoms with Gasteiger partial charge in [0, 0.05) is 11.1 Å². The third-order valence-electron chi connectivity index (χ3n) is 10.9. The van der Waals surface area contributed by atoms with Crippen molar-refractivity contribution in [3.8, 4) is 0 Å². The Morgan fingerprint density at radius 3 is 0.789 bits per heavy atom. The maximum atomic E-state index is 14.5. The van der Waals surface area contributed by atoms with Gasteiger partial charge >= 0.3 is 23.9 Å². The third kappa shape index (κ3) is 26.5. The first-order valence-electron chi connectivity index (χ1n) is 23.8. The van der Waals surface area contributed by atoms with Crippen LogP contribution in [-0.4, -0.2) is 230 Å². The van der Waals surface area contributed by atoms with Crippen molar-refractivity contribution in [3.05, 3.63) is 106 Å². The van der Waals surface area contributed by atoms with Crippen LogP contribution in [0.1, 0.15) is 52.6 Å². The van der Waals surface area contributed by atoms with E-state index in [1.54, 1.807) is 0 Å². The largest absolute Gasteiger partial charge is 0.480 e. The van der Waals surface area contributed by atoms with E-state index < -0.39 is 238 Å². The molecule has 0 bridgehead atoms. The zero-order valence-corrected chi connectivity index (χ0v) is 49.6. The molecule has 0 radical (unpaired) electrons. The van der Waals surface area contributed by atoms with Crippen LogP contribution in [0, 0.1) is 0 Å². The van der Waals surface area contributed by atoms with Gasteiger partial charge in [-0.25, -0.2) is 19.2 Å². The first-order chi connectivity index (χ1) is 41.1. The summed E-state index contributed by atoms with van der Waals surface area (Å²) in [6.07, 6.45) is 0. The molecular weight excluding hydrogens is 1350 g/mol. The Kier molecular flexibility index (Phi) is 26.0. The Labute approximate surface area is 506 Å². The number of hydrogen-bond acceptors (Lipinski definition) is 26. The van der Waals surface area contributed by atoms with Crippen LogP contribution in [0.2, 0.25) is 0 Å². The second-order valence-electron chi connectivity index (χ2n) is 18.2. The number of hydrogen-bond donors (Lipinski definition) is 14. The number of rotatable bonds is 34. The lowest BCUT2D eigenvalue weighted by atomic mass is 9.92. The molecule has 2 unspecified atom stereocenters. The third-order valence-corrected chi connectivity index (χ3v) is 15.5. The fourth-order valence-corrected chi connectivity index (χ4v) is 11.0. The number of aliphatic carboxylic acids is 2. The van der Waals surface area contributed by atoms with Crippen molar-refractivity contribution in [2.75, 3.05) is 34.5 Å². The lowest BCUT2D eigenvalue weighted by Crippen LogP contribution is -2.59. The topological polar surface area (TPSA) is 662 Å². The van der Waals surface area contributed by atoms with Crippen molar-refractivity contribution in [2.45, 2.75) is 49.5 Å². The van der Waals surface area contributed by atoms with Gasteiger partial charge in [0.15, 0.2) is 0 Å². The molecule has 40 nitrogen and oxygen atoms in total. The van der Waals surface area contributed by atoms with Crippen molar-refractivity contribution >= 4 is 132 Å². The van der Waals surface area contributed by atoms with Crippen LogP contribution in [0.15, 0.2) is 72.8 Å². The molecule has 6 atom stereocenters. The van der Waals surface area contributed by atoms with Gasteiger partial charge in [0.25, 0.3) is 84.1 Å². The molecule has 0 fully saturated rings. The van der Waals surface area contributed by atoms with Crippen LogP contribution in [0.4, 0.5) is 0 Å². The quantitative estimate of drug-likeness (QED) is 0.0114. The Balaban J connectivity index is 2.41. The molecule has 90 heavy (non-hydrogen) atoms. The summed E-state index contributed by atoms with van der Waals surface area (Å²) in [5.41, 5.74) is -6.08. The molecule has 0 aliphatic rings. The molecule has 0 spiro atoms. The van der Waals surface area contributed by atoms with E-state index in [0.717, 1.165) is 0 Å². The molecule has 3 rings (SSSR count). The Morgan fingerprint density at radius 1 is 0.333 bits per heavy atom. The highest BCUT2D eigenvalue weighted by atomic mass is 32.2. The van der Waals surface area contributed by atoms with Gasteiger partial charge in [-0.1, -0.05) is 60.7 Å². The van der Waals surface area contributed by atoms with E-state index in [0.29, 0.717) is 0 Å². The molecule has 494 valence electrons. The van der Waals surface area contributed by atoms with Crippen LogP contribution in [0.5, 0.6) is 0 Å². The minimum absolute atomic E-state index is 0.0118. The van der Waals surface area contributed by atoms with Crippen molar-refractivity contribution in [1.82, 2.24) is 31.9 Å². The second kappa shape index (κ2) is 31.1. The molecule has 14 N–H and O–H groups in total. The number of ketones is 2. The highest BCUT2D eigenvalue weighted by molar-refractivity contribution is 7.87. The molecule has 6 amide bonds. The van der Waals surface area contributed by atoms with Crippen molar-refractivity contribution in [3.63, 3.8) is 0 Å². The maximum Gasteiger partial charge on any atom is 0.380 e. The summed E-state index contributed by atoms with van der Waals surface area (Å²) < 4.78 is 210. The van der Waals surface area contributed by atoms with Crippen LogP contribution < -0.4 is 31.9 Å². The molecule has 3 aromatic carbocycles. The van der Waals surface area contributed by atoms with E-state index in [1.165, 1.54) is 92.6 Å². The Morgan fingerprint density at radius 2 is 0.556 bits per heavy atom. The van der Waals surface area contributed by atoms with Gasteiger partial charge in [-0.15, -0.1) is 0 Å². The lowest BCUT2D eigenvalue weighted by Gasteiger charge is -2.24. The van der Waals surface area contributed by atoms with Crippen molar-refractivity contribution < 1.29 is 155 Å². The van der Waals surface area contributed by atoms with Gasteiger partial charge in [-0.2, -0.15) is 50.5 Å². The average molecular weight is 1400 g/mol. The van der Waals surface area contributed by atoms with E-state index in [9.17, 15) is 136 Å². The average Bonchev–Trinajstić information content (AvgIpc) is 0.801. The number of carboxylic acids is 2. The first kappa shape index (κ1) is 75.4. The summed E-state index contributed by atoms with van der Waals surface area (Å²) in [6, 6.07) is -3.36. The van der Waals surface area contributed by atoms with Crippen LogP contribution in [0.25, 0.3) is 0 Å². The summed E-state index contributed by atoms with van der Waals surface area (Å²) >= 11 is 0. The predicted molar refractivity (Wildman–Crippen MR) is 292 cm³/mol. The van der Waals surface area contributed by atoms with Gasteiger partial charge in [0.1, 0.15) is 84.0 Å². The highest BCUT2D eigenvalue weighted by Gasteiger charge is 2.40. The fraction of sp³-hybridized carbons (Fsp3) is 0.318. The molecule has 3 aromatic rings. The van der Waals surface area contributed by atoms with Crippen LogP contribution in [-0.2, 0) is 122 Å². The Bertz CT molecular complexity index is 3790. The van der Waals surface area contributed by atoms with E-state index >= 15 is 0 Å². The Hall–Kier alpha value is -8.84. The number of Topliss-reactive ketones (excluding diaryl/α,β-unsaturated/α-hetero) is 2. The number of benzene rings is 3. The smallest absolute Gasteiger partial charge is 0.380 e. The van der Waals surface area contributed by atoms with E-state index in [4.69, 9.17) is 18.6 Å². The van der Waals surface area contributed by atoms with E-state index in [1.807, 2.05) is 0 Å². The van der Waals surface area contributed by atoms with Gasteiger partial charge in [0.2, 0.25) is 23.6 Å². The second-order valence-corrected chi connectivity index (χ2v) is 27.2. The monoisotopic (exact) mass is 1400 g/mol.